The SMILES string of the molecule is COC(=O)CN(c1cccc(Cl)c1)S(=O)(=O)c1ccc(Cl)cc1. The van der Waals surface area contributed by atoms with Crippen molar-refractivity contribution in [3.8, 4) is 0 Å². The van der Waals surface area contributed by atoms with Gasteiger partial charge in [0.05, 0.1) is 17.7 Å². The average Bonchev–Trinajstić information content (AvgIpc) is 2.52. The smallest absolute Gasteiger partial charge is 0.326 e. The minimum absolute atomic E-state index is 0.00535. The number of halogens is 2. The molecule has 0 bridgehead atoms. The molecule has 0 saturated carbocycles. The van der Waals surface area contributed by atoms with Crippen LogP contribution < -0.4 is 4.31 Å². The summed E-state index contributed by atoms with van der Waals surface area (Å²) < 4.78 is 31.2. The van der Waals surface area contributed by atoms with Gasteiger partial charge in [0.15, 0.2) is 0 Å². The molecular weight excluding hydrogens is 361 g/mol. The Morgan fingerprint density at radius 3 is 2.30 bits per heavy atom. The number of rotatable bonds is 5. The third-order valence-electron chi connectivity index (χ3n) is 3.00. The molecule has 0 aliphatic rings. The molecule has 122 valence electrons. The molecule has 0 fully saturated rings. The van der Waals surface area contributed by atoms with Crippen LogP contribution in [0.4, 0.5) is 5.69 Å². The summed E-state index contributed by atoms with van der Waals surface area (Å²) in [4.78, 5) is 11.6. The summed E-state index contributed by atoms with van der Waals surface area (Å²) in [5, 5.41) is 0.759. The molecule has 8 heteroatoms. The first kappa shape index (κ1) is 17.6. The van der Waals surface area contributed by atoms with Gasteiger partial charge in [-0.1, -0.05) is 29.3 Å². The van der Waals surface area contributed by atoms with E-state index in [4.69, 9.17) is 23.2 Å². The first-order valence-corrected chi connectivity index (χ1v) is 8.65. The van der Waals surface area contributed by atoms with Gasteiger partial charge in [-0.05, 0) is 42.5 Å². The molecule has 0 saturated heterocycles. The molecule has 0 spiro atoms. The molecule has 0 aromatic heterocycles. The summed E-state index contributed by atoms with van der Waals surface area (Å²) in [6.45, 7) is -0.470. The van der Waals surface area contributed by atoms with Crippen molar-refractivity contribution in [3.05, 3.63) is 58.6 Å². The van der Waals surface area contributed by atoms with Gasteiger partial charge in [0.25, 0.3) is 10.0 Å². The van der Waals surface area contributed by atoms with E-state index in [9.17, 15) is 13.2 Å². The molecule has 0 aliphatic heterocycles. The van der Waals surface area contributed by atoms with Crippen molar-refractivity contribution in [1.82, 2.24) is 0 Å². The van der Waals surface area contributed by atoms with Crippen molar-refractivity contribution in [3.63, 3.8) is 0 Å². The van der Waals surface area contributed by atoms with E-state index in [0.717, 1.165) is 4.31 Å². The lowest BCUT2D eigenvalue weighted by Gasteiger charge is -2.23. The third kappa shape index (κ3) is 4.16. The first-order valence-electron chi connectivity index (χ1n) is 6.45. The van der Waals surface area contributed by atoms with Gasteiger partial charge in [-0.2, -0.15) is 0 Å². The Hall–Kier alpha value is -1.76. The lowest BCUT2D eigenvalue weighted by molar-refractivity contribution is -0.138. The molecule has 23 heavy (non-hydrogen) atoms. The van der Waals surface area contributed by atoms with Gasteiger partial charge in [0.2, 0.25) is 0 Å². The topological polar surface area (TPSA) is 63.7 Å². The van der Waals surface area contributed by atoms with Crippen molar-refractivity contribution in [1.29, 1.82) is 0 Å². The molecule has 0 unspecified atom stereocenters. The van der Waals surface area contributed by atoms with Crippen molar-refractivity contribution >= 4 is 44.9 Å². The van der Waals surface area contributed by atoms with Gasteiger partial charge in [-0.15, -0.1) is 0 Å². The number of esters is 1. The molecule has 0 radical (unpaired) electrons. The van der Waals surface area contributed by atoms with Crippen LogP contribution in [0.2, 0.25) is 10.0 Å². The van der Waals surface area contributed by atoms with Crippen LogP contribution in [0, 0.1) is 0 Å². The van der Waals surface area contributed by atoms with Crippen LogP contribution in [0.5, 0.6) is 0 Å². The minimum Gasteiger partial charge on any atom is -0.468 e. The maximum atomic E-state index is 12.8. The Labute approximate surface area is 144 Å². The number of hydrogen-bond donors (Lipinski definition) is 0. The third-order valence-corrected chi connectivity index (χ3v) is 5.27. The monoisotopic (exact) mass is 373 g/mol. The second kappa shape index (κ2) is 7.21. The van der Waals surface area contributed by atoms with E-state index in [-0.39, 0.29) is 10.6 Å². The second-order valence-electron chi connectivity index (χ2n) is 4.52. The Kier molecular flexibility index (Phi) is 5.51. The summed E-state index contributed by atoms with van der Waals surface area (Å²) in [6, 6.07) is 11.9. The first-order chi connectivity index (χ1) is 10.8. The van der Waals surface area contributed by atoms with E-state index in [1.54, 1.807) is 18.2 Å². The number of ether oxygens (including phenoxy) is 1. The highest BCUT2D eigenvalue weighted by atomic mass is 35.5. The van der Waals surface area contributed by atoms with Gasteiger partial charge >= 0.3 is 5.97 Å². The highest BCUT2D eigenvalue weighted by Gasteiger charge is 2.27. The van der Waals surface area contributed by atoms with E-state index < -0.39 is 22.5 Å². The largest absolute Gasteiger partial charge is 0.468 e. The average molecular weight is 374 g/mol. The van der Waals surface area contributed by atoms with Crippen LogP contribution in [0.1, 0.15) is 0 Å². The Morgan fingerprint density at radius 1 is 1.09 bits per heavy atom. The standard InChI is InChI=1S/C15H13Cl2NO4S/c1-22-15(19)10-18(13-4-2-3-12(17)9-13)23(20,21)14-7-5-11(16)6-8-14/h2-9H,10H2,1H3. The van der Waals surface area contributed by atoms with E-state index in [2.05, 4.69) is 4.74 Å². The molecule has 0 amide bonds. The van der Waals surface area contributed by atoms with E-state index in [0.29, 0.717) is 10.0 Å². The van der Waals surface area contributed by atoms with Crippen molar-refractivity contribution in [2.45, 2.75) is 4.90 Å². The number of methoxy groups -OCH3 is 1. The lowest BCUT2D eigenvalue weighted by Crippen LogP contribution is -2.36. The molecule has 2 aromatic carbocycles. The highest BCUT2D eigenvalue weighted by Crippen LogP contribution is 2.26. The number of hydrogen-bond acceptors (Lipinski definition) is 4. The molecule has 0 atom stereocenters. The maximum Gasteiger partial charge on any atom is 0.326 e. The van der Waals surface area contributed by atoms with Gasteiger partial charge in [0, 0.05) is 10.0 Å². The Balaban J connectivity index is 2.51. The fourth-order valence-electron chi connectivity index (χ4n) is 1.86. The van der Waals surface area contributed by atoms with Crippen molar-refractivity contribution < 1.29 is 17.9 Å². The van der Waals surface area contributed by atoms with Crippen molar-refractivity contribution in [2.75, 3.05) is 18.0 Å². The fourth-order valence-corrected chi connectivity index (χ4v) is 3.57. The molecule has 0 aliphatic carbocycles. The molecule has 5 nitrogen and oxygen atoms in total. The van der Waals surface area contributed by atoms with E-state index in [1.807, 2.05) is 0 Å². The van der Waals surface area contributed by atoms with Crippen LogP contribution in [-0.4, -0.2) is 28.0 Å². The summed E-state index contributed by atoms with van der Waals surface area (Å²) in [7, 11) is -2.79. The van der Waals surface area contributed by atoms with E-state index in [1.165, 1.54) is 37.4 Å². The summed E-state index contributed by atoms with van der Waals surface area (Å²) in [5.74, 6) is -0.692. The number of sulfonamides is 1. The zero-order chi connectivity index (χ0) is 17.0. The number of nitrogens with zero attached hydrogens (tertiary/aromatic N) is 1. The van der Waals surface area contributed by atoms with Crippen LogP contribution in [0.25, 0.3) is 0 Å². The van der Waals surface area contributed by atoms with Gasteiger partial charge in [0.1, 0.15) is 6.54 Å². The quantitative estimate of drug-likeness (QED) is 0.753. The second-order valence-corrected chi connectivity index (χ2v) is 7.26. The Bertz CT molecular complexity index is 806. The summed E-state index contributed by atoms with van der Waals surface area (Å²) in [6.07, 6.45) is 0. The predicted octanol–water partition coefficient (Wildman–Crippen LogP) is 3.36. The minimum atomic E-state index is -3.98. The zero-order valence-corrected chi connectivity index (χ0v) is 14.4. The molecule has 0 heterocycles. The molecule has 2 rings (SSSR count). The van der Waals surface area contributed by atoms with Crippen LogP contribution in [-0.2, 0) is 19.6 Å². The molecule has 2 aromatic rings. The normalized spacial score (nSPS) is 11.1. The lowest BCUT2D eigenvalue weighted by atomic mass is 10.3. The number of anilines is 1. The number of carbonyl (C=O) groups excluding carboxylic acids is 1. The Morgan fingerprint density at radius 2 is 1.74 bits per heavy atom. The number of carbonyl (C=O) groups is 1. The van der Waals surface area contributed by atoms with Gasteiger partial charge in [-0.3, -0.25) is 9.10 Å². The highest BCUT2D eigenvalue weighted by molar-refractivity contribution is 7.92. The van der Waals surface area contributed by atoms with Crippen molar-refractivity contribution in [2.24, 2.45) is 0 Å². The summed E-state index contributed by atoms with van der Waals surface area (Å²) in [5.41, 5.74) is 0.262. The molecular formula is C15H13Cl2NO4S. The van der Waals surface area contributed by atoms with Gasteiger partial charge < -0.3 is 4.74 Å². The fraction of sp³-hybridized carbons (Fsp3) is 0.133. The zero-order valence-electron chi connectivity index (χ0n) is 12.1. The number of benzene rings is 2. The van der Waals surface area contributed by atoms with E-state index >= 15 is 0 Å². The van der Waals surface area contributed by atoms with Crippen LogP contribution in [0.3, 0.4) is 0 Å². The molecule has 0 N–H and O–H groups in total. The van der Waals surface area contributed by atoms with Gasteiger partial charge in [-0.25, -0.2) is 8.42 Å². The van der Waals surface area contributed by atoms with Crippen LogP contribution in [0.15, 0.2) is 53.4 Å². The summed E-state index contributed by atoms with van der Waals surface area (Å²) >= 11 is 11.7. The predicted molar refractivity (Wildman–Crippen MR) is 89.5 cm³/mol. The van der Waals surface area contributed by atoms with Crippen LogP contribution >= 0.6 is 23.2 Å². The maximum absolute atomic E-state index is 12.8.